The first-order valence-electron chi connectivity index (χ1n) is 10.2. The molecule has 3 unspecified atom stereocenters. The topological polar surface area (TPSA) is 9.23 Å². The van der Waals surface area contributed by atoms with Crippen LogP contribution in [0.25, 0.3) is 0 Å². The maximum Gasteiger partial charge on any atom is 0.116 e. The van der Waals surface area contributed by atoms with E-state index in [1.807, 2.05) is 6.92 Å². The average Bonchev–Trinajstić information content (AvgIpc) is 2.75. The molecule has 0 radical (unpaired) electrons. The monoisotopic (exact) mass is 322 g/mol. The highest BCUT2D eigenvalue weighted by atomic mass is 19.1. The van der Waals surface area contributed by atoms with Gasteiger partial charge in [-0.25, -0.2) is 4.39 Å². The fourth-order valence-corrected chi connectivity index (χ4v) is 7.36. The van der Waals surface area contributed by atoms with Gasteiger partial charge in [-0.05, 0) is 88.4 Å². The number of ether oxygens (including phenoxy) is 1. The molecule has 3 atom stereocenters. The first-order chi connectivity index (χ1) is 10.8. The summed E-state index contributed by atoms with van der Waals surface area (Å²) >= 11 is 0. The molecule has 1 nitrogen and oxygen atoms in total. The van der Waals surface area contributed by atoms with Crippen LogP contribution >= 0.6 is 0 Å². The minimum Gasteiger partial charge on any atom is -0.368 e. The lowest BCUT2D eigenvalue weighted by atomic mass is 9.50. The molecule has 0 aliphatic heterocycles. The van der Waals surface area contributed by atoms with Gasteiger partial charge in [0.25, 0.3) is 0 Å². The molecule has 0 N–H and O–H groups in total. The number of hydrogen-bond donors (Lipinski definition) is 0. The van der Waals surface area contributed by atoms with Crippen molar-refractivity contribution in [1.29, 1.82) is 0 Å². The van der Waals surface area contributed by atoms with Gasteiger partial charge in [0.2, 0.25) is 0 Å². The minimum absolute atomic E-state index is 0.0133. The van der Waals surface area contributed by atoms with E-state index < -0.39 is 5.67 Å². The van der Waals surface area contributed by atoms with E-state index in [-0.39, 0.29) is 17.1 Å². The predicted molar refractivity (Wildman–Crippen MR) is 92.1 cm³/mol. The van der Waals surface area contributed by atoms with Gasteiger partial charge in [0, 0.05) is 6.42 Å². The second-order valence-corrected chi connectivity index (χ2v) is 9.91. The zero-order chi connectivity index (χ0) is 16.5. The van der Waals surface area contributed by atoms with Gasteiger partial charge in [0.05, 0.1) is 11.2 Å². The summed E-state index contributed by atoms with van der Waals surface area (Å²) in [5.74, 6) is 3.56. The molecule has 5 aliphatic rings. The van der Waals surface area contributed by atoms with Crippen molar-refractivity contribution >= 4 is 0 Å². The fourth-order valence-electron chi connectivity index (χ4n) is 7.36. The lowest BCUT2D eigenvalue weighted by Crippen LogP contribution is -2.59. The van der Waals surface area contributed by atoms with Crippen molar-refractivity contribution in [1.82, 2.24) is 0 Å². The van der Waals surface area contributed by atoms with Crippen LogP contribution in [0.5, 0.6) is 0 Å². The first-order valence-corrected chi connectivity index (χ1v) is 10.2. The summed E-state index contributed by atoms with van der Waals surface area (Å²) in [5, 5.41) is 0. The Labute approximate surface area is 141 Å². The number of halogens is 1. The van der Waals surface area contributed by atoms with Crippen molar-refractivity contribution in [2.24, 2.45) is 29.6 Å². The first kappa shape index (κ1) is 16.4. The molecule has 4 bridgehead atoms. The second-order valence-electron chi connectivity index (χ2n) is 9.91. The molecule has 5 saturated carbocycles. The van der Waals surface area contributed by atoms with Crippen molar-refractivity contribution in [3.8, 4) is 0 Å². The van der Waals surface area contributed by atoms with Crippen LogP contribution in [0.1, 0.15) is 85.5 Å². The zero-order valence-electron chi connectivity index (χ0n) is 15.5. The molecule has 5 aliphatic carbocycles. The van der Waals surface area contributed by atoms with Crippen LogP contribution in [0, 0.1) is 29.6 Å². The Kier molecular flexibility index (Phi) is 3.69. The number of hydrogen-bond acceptors (Lipinski definition) is 1. The van der Waals surface area contributed by atoms with Crippen LogP contribution in [0.3, 0.4) is 0 Å². The lowest BCUT2D eigenvalue weighted by Gasteiger charge is -2.61. The van der Waals surface area contributed by atoms with Gasteiger partial charge >= 0.3 is 0 Å². The van der Waals surface area contributed by atoms with Crippen molar-refractivity contribution in [3.63, 3.8) is 0 Å². The van der Waals surface area contributed by atoms with E-state index in [4.69, 9.17) is 4.74 Å². The molecule has 23 heavy (non-hydrogen) atoms. The fraction of sp³-hybridized carbons (Fsp3) is 1.00. The summed E-state index contributed by atoms with van der Waals surface area (Å²) in [7, 11) is 0. The van der Waals surface area contributed by atoms with Crippen molar-refractivity contribution in [2.75, 3.05) is 0 Å². The van der Waals surface area contributed by atoms with Crippen LogP contribution < -0.4 is 0 Å². The Morgan fingerprint density at radius 2 is 1.52 bits per heavy atom. The van der Waals surface area contributed by atoms with E-state index >= 15 is 4.39 Å². The van der Waals surface area contributed by atoms with Gasteiger partial charge in [-0.3, -0.25) is 0 Å². The third-order valence-corrected chi connectivity index (χ3v) is 8.38. The maximum absolute atomic E-state index is 15.4. The van der Waals surface area contributed by atoms with E-state index in [0.717, 1.165) is 36.5 Å². The zero-order valence-corrected chi connectivity index (χ0v) is 15.5. The molecular weight excluding hydrogens is 287 g/mol. The number of alkyl halides is 1. The van der Waals surface area contributed by atoms with Crippen LogP contribution in [0.2, 0.25) is 0 Å². The van der Waals surface area contributed by atoms with E-state index in [9.17, 15) is 0 Å². The molecule has 5 fully saturated rings. The van der Waals surface area contributed by atoms with E-state index in [1.54, 1.807) is 0 Å². The second kappa shape index (κ2) is 5.19. The average molecular weight is 323 g/mol. The third kappa shape index (κ3) is 2.41. The summed E-state index contributed by atoms with van der Waals surface area (Å²) < 4.78 is 22.3. The molecule has 0 aromatic carbocycles. The van der Waals surface area contributed by atoms with Gasteiger partial charge in [-0.15, -0.1) is 0 Å². The Hall–Kier alpha value is -0.110. The van der Waals surface area contributed by atoms with E-state index in [2.05, 4.69) is 20.8 Å². The molecule has 132 valence electrons. The molecule has 2 heteroatoms. The molecule has 5 rings (SSSR count). The van der Waals surface area contributed by atoms with Crippen LogP contribution in [0.15, 0.2) is 0 Å². The Balaban J connectivity index is 1.55. The van der Waals surface area contributed by atoms with Crippen molar-refractivity contribution < 1.29 is 9.13 Å². The highest BCUT2D eigenvalue weighted by Crippen LogP contribution is 2.62. The SMILES string of the molecule is CCC1CC(C)(OC2(C)C3CC4CC(C3)CC2C4)CC1(F)CC. The maximum atomic E-state index is 15.4. The normalized spacial score (nSPS) is 58.0. The standard InChI is InChI=1S/C21H35FO/c1-5-16-12-19(3,13-21(16,22)6-2)23-20(4)17-8-14-7-15(10-17)11-18(20)9-14/h14-18H,5-13H2,1-4H3. The molecule has 0 spiro atoms. The predicted octanol–water partition coefficient (Wildman–Crippen LogP) is 5.91. The summed E-state index contributed by atoms with van der Waals surface area (Å²) in [4.78, 5) is 0. The minimum atomic E-state index is -1.01. The third-order valence-electron chi connectivity index (χ3n) is 8.38. The summed E-state index contributed by atoms with van der Waals surface area (Å²) in [6.07, 6.45) is 10.0. The summed E-state index contributed by atoms with van der Waals surface area (Å²) in [6, 6.07) is 0. The van der Waals surface area contributed by atoms with Crippen LogP contribution in [-0.2, 0) is 4.74 Å². The highest BCUT2D eigenvalue weighted by molar-refractivity contribution is 5.09. The van der Waals surface area contributed by atoms with E-state index in [0.29, 0.717) is 12.8 Å². The quantitative estimate of drug-likeness (QED) is 0.624. The molecule has 0 aromatic heterocycles. The highest BCUT2D eigenvalue weighted by Gasteiger charge is 2.60. The van der Waals surface area contributed by atoms with Crippen molar-refractivity contribution in [2.45, 2.75) is 102 Å². The number of rotatable bonds is 4. The summed E-state index contributed by atoms with van der Waals surface area (Å²) in [6.45, 7) is 8.75. The van der Waals surface area contributed by atoms with E-state index in [1.165, 1.54) is 32.1 Å². The Morgan fingerprint density at radius 1 is 0.957 bits per heavy atom. The van der Waals surface area contributed by atoms with Crippen molar-refractivity contribution in [3.05, 3.63) is 0 Å². The van der Waals surface area contributed by atoms with Gasteiger partial charge in [0.1, 0.15) is 5.67 Å². The molecule has 0 saturated heterocycles. The van der Waals surface area contributed by atoms with Crippen LogP contribution in [0.4, 0.5) is 4.39 Å². The molecule has 0 heterocycles. The van der Waals surface area contributed by atoms with Gasteiger partial charge in [0.15, 0.2) is 0 Å². The molecular formula is C21H35FO. The lowest BCUT2D eigenvalue weighted by molar-refractivity contribution is -0.245. The van der Waals surface area contributed by atoms with Crippen LogP contribution in [-0.4, -0.2) is 16.9 Å². The summed E-state index contributed by atoms with van der Waals surface area (Å²) in [5.41, 5.74) is -1.25. The Morgan fingerprint density at radius 3 is 1.96 bits per heavy atom. The van der Waals surface area contributed by atoms with Gasteiger partial charge in [-0.1, -0.05) is 20.3 Å². The largest absolute Gasteiger partial charge is 0.368 e. The van der Waals surface area contributed by atoms with Gasteiger partial charge < -0.3 is 4.74 Å². The molecule has 0 amide bonds. The molecule has 0 aromatic rings. The smallest absolute Gasteiger partial charge is 0.116 e. The van der Waals surface area contributed by atoms with Gasteiger partial charge in [-0.2, -0.15) is 0 Å². The Bertz CT molecular complexity index is 446.